The summed E-state index contributed by atoms with van der Waals surface area (Å²) >= 11 is 1.30. The minimum Gasteiger partial charge on any atom is -0.328 e. The molecule has 0 unspecified atom stereocenters. The summed E-state index contributed by atoms with van der Waals surface area (Å²) in [6.45, 7) is -0.369. The summed E-state index contributed by atoms with van der Waals surface area (Å²) in [5, 5.41) is 5.01. The highest BCUT2D eigenvalue weighted by molar-refractivity contribution is 7.89. The molecule has 1 aliphatic carbocycles. The molecule has 2 amide bonds. The van der Waals surface area contributed by atoms with Crippen LogP contribution in [0.15, 0.2) is 40.7 Å². The van der Waals surface area contributed by atoms with E-state index in [1.54, 1.807) is 11.6 Å². The number of anilines is 1. The molecule has 2 heterocycles. The first-order valence-corrected chi connectivity index (χ1v) is 13.4. The highest BCUT2D eigenvalue weighted by atomic mass is 32.2. The molecule has 1 aromatic carbocycles. The molecule has 1 saturated heterocycles. The van der Waals surface area contributed by atoms with E-state index in [1.807, 2.05) is 0 Å². The highest BCUT2D eigenvalue weighted by Gasteiger charge is 2.39. The van der Waals surface area contributed by atoms with Crippen LogP contribution in [-0.2, 0) is 19.6 Å². The first-order chi connectivity index (χ1) is 15.9. The lowest BCUT2D eigenvalue weighted by Crippen LogP contribution is -2.58. The third-order valence-electron chi connectivity index (χ3n) is 6.30. The number of nitrogens with one attached hydrogen (secondary N) is 1. The van der Waals surface area contributed by atoms with E-state index in [0.29, 0.717) is 17.5 Å². The quantitative estimate of drug-likeness (QED) is 0.638. The number of carbonyl (C=O) groups excluding carboxylic acids is 2. The molecule has 2 fully saturated rings. The lowest BCUT2D eigenvalue weighted by atomic mass is 9.84. The van der Waals surface area contributed by atoms with Crippen LogP contribution < -0.4 is 5.32 Å². The van der Waals surface area contributed by atoms with Gasteiger partial charge in [0.15, 0.2) is 5.13 Å². The van der Waals surface area contributed by atoms with Gasteiger partial charge in [-0.15, -0.1) is 11.3 Å². The van der Waals surface area contributed by atoms with E-state index < -0.39 is 39.2 Å². The van der Waals surface area contributed by atoms with Crippen molar-refractivity contribution in [2.24, 2.45) is 5.92 Å². The molecule has 0 spiro atoms. The molecule has 0 radical (unpaired) electrons. The predicted octanol–water partition coefficient (Wildman–Crippen LogP) is 3.09. The van der Waals surface area contributed by atoms with Gasteiger partial charge in [0.25, 0.3) is 0 Å². The lowest BCUT2D eigenvalue weighted by Gasteiger charge is -2.39. The number of aromatic nitrogens is 1. The Morgan fingerprint density at radius 1 is 1.21 bits per heavy atom. The molecule has 1 saturated carbocycles. The van der Waals surface area contributed by atoms with Crippen molar-refractivity contribution in [2.75, 3.05) is 25.0 Å². The summed E-state index contributed by atoms with van der Waals surface area (Å²) in [4.78, 5) is 31.4. The van der Waals surface area contributed by atoms with E-state index in [4.69, 9.17) is 0 Å². The van der Waals surface area contributed by atoms with Crippen molar-refractivity contribution in [3.63, 3.8) is 0 Å². The predicted molar refractivity (Wildman–Crippen MR) is 123 cm³/mol. The third kappa shape index (κ3) is 5.42. The van der Waals surface area contributed by atoms with Crippen molar-refractivity contribution in [3.8, 4) is 0 Å². The van der Waals surface area contributed by atoms with Crippen LogP contribution in [0.1, 0.15) is 38.5 Å². The number of amides is 2. The van der Waals surface area contributed by atoms with Gasteiger partial charge < -0.3 is 10.2 Å². The molecule has 1 N–H and O–H groups in total. The maximum atomic E-state index is 14.1. The van der Waals surface area contributed by atoms with Crippen molar-refractivity contribution < 1.29 is 22.4 Å². The third-order valence-corrected chi connectivity index (χ3v) is 8.87. The molecule has 1 aromatic heterocycles. The van der Waals surface area contributed by atoms with Crippen molar-refractivity contribution in [2.45, 2.75) is 49.5 Å². The Bertz CT molecular complexity index is 1090. The number of sulfonamides is 1. The lowest BCUT2D eigenvalue weighted by molar-refractivity contribution is -0.142. The largest absolute Gasteiger partial charge is 0.328 e. The minimum absolute atomic E-state index is 0.00585. The Hall–Kier alpha value is -2.37. The van der Waals surface area contributed by atoms with Crippen molar-refractivity contribution in [3.05, 3.63) is 41.7 Å². The van der Waals surface area contributed by atoms with Gasteiger partial charge in [-0.3, -0.25) is 9.59 Å². The first-order valence-electron chi connectivity index (χ1n) is 11.1. The second-order valence-electron chi connectivity index (χ2n) is 8.44. The Balaban J connectivity index is 1.51. The van der Waals surface area contributed by atoms with Crippen molar-refractivity contribution >= 4 is 38.3 Å². The second-order valence-corrected chi connectivity index (χ2v) is 11.2. The zero-order valence-corrected chi connectivity index (χ0v) is 19.8. The van der Waals surface area contributed by atoms with Gasteiger partial charge in [-0.05, 0) is 24.5 Å². The van der Waals surface area contributed by atoms with Crippen LogP contribution in [0.4, 0.5) is 9.52 Å². The van der Waals surface area contributed by atoms with E-state index in [2.05, 4.69) is 10.3 Å². The number of halogens is 1. The maximum Gasteiger partial charge on any atom is 0.248 e. The van der Waals surface area contributed by atoms with E-state index in [-0.39, 0.29) is 19.0 Å². The fraction of sp³-hybridized carbons (Fsp3) is 0.500. The Kier molecular flexibility index (Phi) is 7.40. The molecule has 0 bridgehead atoms. The monoisotopic (exact) mass is 494 g/mol. The molecule has 2 aromatic rings. The SMILES string of the molecule is O=C(Nc1nccs1)[C@H](CC1CCCCC1)N1CCN(S(=O)(=O)c2ccccc2F)CC1=O. The molecule has 178 valence electrons. The molecule has 11 heteroatoms. The maximum absolute atomic E-state index is 14.1. The Morgan fingerprint density at radius 2 is 1.97 bits per heavy atom. The molecule has 2 aliphatic rings. The number of benzene rings is 1. The second kappa shape index (κ2) is 10.3. The number of nitrogens with zero attached hydrogens (tertiary/aromatic N) is 3. The van der Waals surface area contributed by atoms with Gasteiger partial charge in [0.1, 0.15) is 16.8 Å². The zero-order chi connectivity index (χ0) is 23.4. The molecule has 1 atom stereocenters. The normalized spacial score (nSPS) is 19.4. The smallest absolute Gasteiger partial charge is 0.248 e. The average Bonchev–Trinajstić information content (AvgIpc) is 3.31. The number of carbonyl (C=O) groups is 2. The summed E-state index contributed by atoms with van der Waals surface area (Å²) in [5.74, 6) is -1.30. The number of hydrogen-bond acceptors (Lipinski definition) is 6. The number of piperazine rings is 1. The fourth-order valence-corrected chi connectivity index (χ4v) is 6.56. The highest BCUT2D eigenvalue weighted by Crippen LogP contribution is 2.30. The summed E-state index contributed by atoms with van der Waals surface area (Å²) in [6.07, 6.45) is 7.53. The summed E-state index contributed by atoms with van der Waals surface area (Å²) in [6, 6.07) is 4.41. The van der Waals surface area contributed by atoms with Crippen LogP contribution in [0.5, 0.6) is 0 Å². The van der Waals surface area contributed by atoms with Crippen molar-refractivity contribution in [1.29, 1.82) is 0 Å². The topological polar surface area (TPSA) is 99.7 Å². The Morgan fingerprint density at radius 3 is 2.64 bits per heavy atom. The van der Waals surface area contributed by atoms with Crippen LogP contribution in [0.25, 0.3) is 0 Å². The molecule has 8 nitrogen and oxygen atoms in total. The molecular weight excluding hydrogens is 467 g/mol. The standard InChI is InChI=1S/C22H27FN4O4S2/c23-17-8-4-5-9-19(17)33(30,31)26-11-12-27(20(28)15-26)18(14-16-6-2-1-3-7-16)21(29)25-22-24-10-13-32-22/h4-5,8-10,13,16,18H,1-3,6-7,11-12,14-15H2,(H,24,25,29)/t18-/m0/s1. The van der Waals surface area contributed by atoms with Gasteiger partial charge in [0, 0.05) is 24.7 Å². The van der Waals surface area contributed by atoms with Crippen LogP contribution in [0, 0.1) is 11.7 Å². The van der Waals surface area contributed by atoms with Gasteiger partial charge in [-0.25, -0.2) is 17.8 Å². The Labute approximate surface area is 196 Å². The van der Waals surface area contributed by atoms with Crippen LogP contribution in [0.2, 0.25) is 0 Å². The fourth-order valence-electron chi connectivity index (χ4n) is 4.58. The van der Waals surface area contributed by atoms with E-state index in [9.17, 15) is 22.4 Å². The number of hydrogen-bond donors (Lipinski definition) is 1. The minimum atomic E-state index is -4.16. The number of thiazole rings is 1. The van der Waals surface area contributed by atoms with E-state index >= 15 is 0 Å². The molecule has 1 aliphatic heterocycles. The van der Waals surface area contributed by atoms with Crippen LogP contribution in [-0.4, -0.2) is 60.1 Å². The summed E-state index contributed by atoms with van der Waals surface area (Å²) < 4.78 is 41.0. The van der Waals surface area contributed by atoms with Gasteiger partial charge in [0.2, 0.25) is 21.8 Å². The summed E-state index contributed by atoms with van der Waals surface area (Å²) in [5.41, 5.74) is 0. The molecule has 33 heavy (non-hydrogen) atoms. The van der Waals surface area contributed by atoms with Gasteiger partial charge >= 0.3 is 0 Å². The van der Waals surface area contributed by atoms with Crippen molar-refractivity contribution in [1.82, 2.24) is 14.2 Å². The van der Waals surface area contributed by atoms with Crippen LogP contribution >= 0.6 is 11.3 Å². The summed E-state index contributed by atoms with van der Waals surface area (Å²) in [7, 11) is -4.16. The molecule has 4 rings (SSSR count). The van der Waals surface area contributed by atoms with Gasteiger partial charge in [0.05, 0.1) is 6.54 Å². The van der Waals surface area contributed by atoms with Gasteiger partial charge in [-0.1, -0.05) is 44.2 Å². The average molecular weight is 495 g/mol. The molecular formula is C22H27FN4O4S2. The van der Waals surface area contributed by atoms with E-state index in [0.717, 1.165) is 36.1 Å². The van der Waals surface area contributed by atoms with Crippen LogP contribution in [0.3, 0.4) is 0 Å². The number of rotatable bonds is 7. The van der Waals surface area contributed by atoms with E-state index in [1.165, 1.54) is 40.9 Å². The zero-order valence-electron chi connectivity index (χ0n) is 18.2. The van der Waals surface area contributed by atoms with Gasteiger partial charge in [-0.2, -0.15) is 4.31 Å². The first kappa shape index (κ1) is 23.8.